The number of aryl methyl sites for hydroxylation is 1. The number of nitrogens with zero attached hydrogens (tertiary/aromatic N) is 1. The van der Waals surface area contributed by atoms with Crippen LogP contribution in [0.1, 0.15) is 19.3 Å². The molecule has 0 saturated carbocycles. The van der Waals surface area contributed by atoms with Crippen molar-refractivity contribution < 1.29 is 10.0 Å². The molecule has 0 fully saturated rings. The monoisotopic (exact) mass is 246 g/mol. The van der Waals surface area contributed by atoms with Gasteiger partial charge in [-0.3, -0.25) is 0 Å². The molecule has 0 atom stereocenters. The van der Waals surface area contributed by atoms with Crippen LogP contribution in [0.15, 0.2) is 30.5 Å². The minimum atomic E-state index is -1.17. The zero-order valence-electron chi connectivity index (χ0n) is 10.4. The van der Waals surface area contributed by atoms with Crippen molar-refractivity contribution in [3.63, 3.8) is 0 Å². The van der Waals surface area contributed by atoms with Gasteiger partial charge in [0.2, 0.25) is 0 Å². The molecule has 0 aliphatic carbocycles. The normalized spacial score (nSPS) is 11.0. The Hall–Kier alpha value is -1.46. The van der Waals surface area contributed by atoms with Crippen molar-refractivity contribution in [2.45, 2.75) is 32.1 Å². The lowest BCUT2D eigenvalue weighted by Crippen LogP contribution is -2.09. The second-order valence-electron chi connectivity index (χ2n) is 4.66. The van der Waals surface area contributed by atoms with Crippen LogP contribution in [0.4, 0.5) is 5.69 Å². The van der Waals surface area contributed by atoms with E-state index in [0.29, 0.717) is 6.32 Å². The van der Waals surface area contributed by atoms with Gasteiger partial charge in [-0.2, -0.15) is 0 Å². The summed E-state index contributed by atoms with van der Waals surface area (Å²) in [5.74, 6) is 0. The summed E-state index contributed by atoms with van der Waals surface area (Å²) >= 11 is 0. The van der Waals surface area contributed by atoms with E-state index < -0.39 is 7.12 Å². The predicted octanol–water partition coefficient (Wildman–Crippen LogP) is 1.87. The molecule has 0 spiro atoms. The summed E-state index contributed by atoms with van der Waals surface area (Å²) in [6, 6.07) is 8.01. The van der Waals surface area contributed by atoms with E-state index in [2.05, 4.69) is 16.8 Å². The number of unbranched alkanes of at least 4 members (excludes halogenated alkanes) is 2. The molecule has 0 radical (unpaired) electrons. The summed E-state index contributed by atoms with van der Waals surface area (Å²) in [6.07, 6.45) is 5.44. The Labute approximate surface area is 107 Å². The van der Waals surface area contributed by atoms with Gasteiger partial charge in [0.25, 0.3) is 0 Å². The molecule has 4 N–H and O–H groups in total. The van der Waals surface area contributed by atoms with Crippen molar-refractivity contribution in [2.75, 3.05) is 5.73 Å². The molecule has 5 heteroatoms. The largest absolute Gasteiger partial charge is 0.451 e. The molecule has 0 aliphatic heterocycles. The van der Waals surface area contributed by atoms with Gasteiger partial charge in [0, 0.05) is 29.3 Å². The average molecular weight is 246 g/mol. The van der Waals surface area contributed by atoms with Gasteiger partial charge >= 0.3 is 7.12 Å². The Balaban J connectivity index is 1.88. The number of anilines is 1. The van der Waals surface area contributed by atoms with Gasteiger partial charge in [0.15, 0.2) is 0 Å². The summed E-state index contributed by atoms with van der Waals surface area (Å²) in [7, 11) is -1.17. The molecule has 18 heavy (non-hydrogen) atoms. The van der Waals surface area contributed by atoms with Crippen LogP contribution in [-0.4, -0.2) is 21.7 Å². The fraction of sp³-hybridized carbons (Fsp3) is 0.385. The fourth-order valence-corrected chi connectivity index (χ4v) is 2.20. The third-order valence-corrected chi connectivity index (χ3v) is 3.16. The molecule has 0 unspecified atom stereocenters. The van der Waals surface area contributed by atoms with E-state index in [1.165, 1.54) is 10.9 Å². The van der Waals surface area contributed by atoms with Gasteiger partial charge in [-0.15, -0.1) is 0 Å². The van der Waals surface area contributed by atoms with Crippen molar-refractivity contribution in [1.29, 1.82) is 0 Å². The first-order chi connectivity index (χ1) is 8.66. The van der Waals surface area contributed by atoms with Crippen molar-refractivity contribution in [2.24, 2.45) is 0 Å². The number of rotatable bonds is 6. The Bertz CT molecular complexity index is 511. The SMILES string of the molecule is Nc1ccc2c(ccn2CCCCCB(O)O)c1. The minimum absolute atomic E-state index is 0.461. The van der Waals surface area contributed by atoms with Crippen LogP contribution >= 0.6 is 0 Å². The van der Waals surface area contributed by atoms with Crippen LogP contribution < -0.4 is 5.73 Å². The molecule has 1 aromatic carbocycles. The molecule has 0 aliphatic rings. The highest BCUT2D eigenvalue weighted by atomic mass is 16.4. The Morgan fingerprint density at radius 1 is 1.11 bits per heavy atom. The summed E-state index contributed by atoms with van der Waals surface area (Å²) < 4.78 is 2.21. The highest BCUT2D eigenvalue weighted by Crippen LogP contribution is 2.19. The highest BCUT2D eigenvalue weighted by molar-refractivity contribution is 6.40. The van der Waals surface area contributed by atoms with Crippen LogP contribution in [0, 0.1) is 0 Å². The van der Waals surface area contributed by atoms with E-state index in [4.69, 9.17) is 15.8 Å². The number of nitrogens with two attached hydrogens (primary N) is 1. The summed E-state index contributed by atoms with van der Waals surface area (Å²) in [4.78, 5) is 0. The Morgan fingerprint density at radius 2 is 1.94 bits per heavy atom. The third-order valence-electron chi connectivity index (χ3n) is 3.16. The van der Waals surface area contributed by atoms with E-state index in [1.807, 2.05) is 18.2 Å². The molecule has 1 aromatic heterocycles. The molecular formula is C13H19BN2O2. The molecule has 2 rings (SSSR count). The molecule has 0 amide bonds. The van der Waals surface area contributed by atoms with Gasteiger partial charge in [0.05, 0.1) is 0 Å². The van der Waals surface area contributed by atoms with Crippen LogP contribution in [0.5, 0.6) is 0 Å². The lowest BCUT2D eigenvalue weighted by molar-refractivity contribution is 0.401. The van der Waals surface area contributed by atoms with Crippen molar-refractivity contribution in [3.05, 3.63) is 30.5 Å². The van der Waals surface area contributed by atoms with Crippen LogP contribution in [0.2, 0.25) is 6.32 Å². The molecule has 96 valence electrons. The molecule has 0 saturated heterocycles. The van der Waals surface area contributed by atoms with Crippen molar-refractivity contribution in [1.82, 2.24) is 4.57 Å². The van der Waals surface area contributed by atoms with E-state index in [0.717, 1.165) is 31.5 Å². The topological polar surface area (TPSA) is 71.4 Å². The lowest BCUT2D eigenvalue weighted by atomic mass is 9.83. The fourth-order valence-electron chi connectivity index (χ4n) is 2.20. The molecule has 0 bridgehead atoms. The first-order valence-corrected chi connectivity index (χ1v) is 6.37. The minimum Gasteiger partial charge on any atom is -0.427 e. The molecule has 2 aromatic rings. The first-order valence-electron chi connectivity index (χ1n) is 6.37. The van der Waals surface area contributed by atoms with Crippen LogP contribution in [0.25, 0.3) is 10.9 Å². The van der Waals surface area contributed by atoms with E-state index in [-0.39, 0.29) is 0 Å². The van der Waals surface area contributed by atoms with Gasteiger partial charge in [-0.05, 0) is 37.0 Å². The highest BCUT2D eigenvalue weighted by Gasteiger charge is 2.05. The Kier molecular flexibility index (Phi) is 4.28. The van der Waals surface area contributed by atoms with Gasteiger partial charge in [-0.25, -0.2) is 0 Å². The maximum absolute atomic E-state index is 8.74. The van der Waals surface area contributed by atoms with Crippen LogP contribution in [0.3, 0.4) is 0 Å². The third kappa shape index (κ3) is 3.27. The van der Waals surface area contributed by atoms with Gasteiger partial charge < -0.3 is 20.3 Å². The number of fused-ring (bicyclic) bond motifs is 1. The lowest BCUT2D eigenvalue weighted by Gasteiger charge is -2.05. The standard InChI is InChI=1S/C13H19BN2O2/c15-12-4-5-13-11(10-12)6-9-16(13)8-3-1-2-7-14(17)18/h4-6,9-10,17-18H,1-3,7-8,15H2. The van der Waals surface area contributed by atoms with E-state index in [1.54, 1.807) is 0 Å². The zero-order chi connectivity index (χ0) is 13.0. The summed E-state index contributed by atoms with van der Waals surface area (Å²) in [5, 5.41) is 18.7. The number of aromatic nitrogens is 1. The molecule has 1 heterocycles. The second-order valence-corrected chi connectivity index (χ2v) is 4.66. The maximum Gasteiger partial charge on any atom is 0.451 e. The van der Waals surface area contributed by atoms with Crippen molar-refractivity contribution in [3.8, 4) is 0 Å². The van der Waals surface area contributed by atoms with Gasteiger partial charge in [-0.1, -0.05) is 12.8 Å². The quantitative estimate of drug-likeness (QED) is 0.414. The van der Waals surface area contributed by atoms with Gasteiger partial charge in [0.1, 0.15) is 0 Å². The predicted molar refractivity (Wildman–Crippen MR) is 75.2 cm³/mol. The smallest absolute Gasteiger partial charge is 0.427 e. The number of hydrogen-bond acceptors (Lipinski definition) is 3. The van der Waals surface area contributed by atoms with E-state index in [9.17, 15) is 0 Å². The van der Waals surface area contributed by atoms with E-state index >= 15 is 0 Å². The number of benzene rings is 1. The number of hydrogen-bond donors (Lipinski definition) is 3. The summed E-state index contributed by atoms with van der Waals surface area (Å²) in [6.45, 7) is 0.953. The number of nitrogen functional groups attached to an aromatic ring is 1. The summed E-state index contributed by atoms with van der Waals surface area (Å²) in [5.41, 5.74) is 7.73. The average Bonchev–Trinajstić information content (AvgIpc) is 2.70. The maximum atomic E-state index is 8.74. The first kappa shape index (κ1) is 13.0. The Morgan fingerprint density at radius 3 is 2.72 bits per heavy atom. The molecule has 4 nitrogen and oxygen atoms in total. The second kappa shape index (κ2) is 5.93. The zero-order valence-corrected chi connectivity index (χ0v) is 10.4. The van der Waals surface area contributed by atoms with Crippen LogP contribution in [-0.2, 0) is 6.54 Å². The molecular weight excluding hydrogens is 227 g/mol. The van der Waals surface area contributed by atoms with Crippen molar-refractivity contribution >= 4 is 23.7 Å².